The van der Waals surface area contributed by atoms with Crippen LogP contribution < -0.4 is 10.6 Å². The molecule has 2 atom stereocenters. The molecule has 0 radical (unpaired) electrons. The van der Waals surface area contributed by atoms with Crippen molar-refractivity contribution in [1.82, 2.24) is 15.6 Å². The quantitative estimate of drug-likeness (QED) is 0.525. The van der Waals surface area contributed by atoms with Crippen LogP contribution in [0.4, 0.5) is 4.39 Å². The fourth-order valence-corrected chi connectivity index (χ4v) is 3.19. The molecule has 2 aromatic rings. The number of carboxylic acid groups (broad SMARTS) is 1. The Morgan fingerprint density at radius 1 is 1.25 bits per heavy atom. The Morgan fingerprint density at radius 3 is 2.57 bits per heavy atom. The molecule has 0 spiro atoms. The third kappa shape index (κ3) is 5.80. The van der Waals surface area contributed by atoms with Crippen molar-refractivity contribution in [3.05, 3.63) is 35.8 Å². The molecule has 0 bridgehead atoms. The number of hydrogen-bond donors (Lipinski definition) is 4. The Hall–Kier alpha value is -2.90. The van der Waals surface area contributed by atoms with Crippen molar-refractivity contribution in [3.8, 4) is 0 Å². The summed E-state index contributed by atoms with van der Waals surface area (Å²) in [6, 6.07) is 3.43. The number of carbonyl (C=O) groups is 3. The molecule has 1 aromatic heterocycles. The predicted molar refractivity (Wildman–Crippen MR) is 103 cm³/mol. The summed E-state index contributed by atoms with van der Waals surface area (Å²) in [6.07, 6.45) is 2.30. The topological polar surface area (TPSA) is 111 Å². The minimum atomic E-state index is -0.969. The van der Waals surface area contributed by atoms with Crippen LogP contribution in [0.25, 0.3) is 10.9 Å². The van der Waals surface area contributed by atoms with E-state index < -0.39 is 23.8 Å². The first-order valence-corrected chi connectivity index (χ1v) is 9.20. The Bertz CT molecular complexity index is 862. The van der Waals surface area contributed by atoms with Crippen molar-refractivity contribution in [2.75, 3.05) is 6.54 Å². The van der Waals surface area contributed by atoms with E-state index in [9.17, 15) is 23.9 Å². The minimum absolute atomic E-state index is 0.0124. The van der Waals surface area contributed by atoms with E-state index in [0.29, 0.717) is 11.9 Å². The molecule has 0 fully saturated rings. The zero-order valence-corrected chi connectivity index (χ0v) is 16.2. The van der Waals surface area contributed by atoms with Gasteiger partial charge in [-0.3, -0.25) is 14.4 Å². The molecule has 0 saturated heterocycles. The summed E-state index contributed by atoms with van der Waals surface area (Å²) in [7, 11) is 0. The average molecular weight is 391 g/mol. The molecule has 1 heterocycles. The Kier molecular flexibility index (Phi) is 7.14. The van der Waals surface area contributed by atoms with Gasteiger partial charge >= 0.3 is 5.97 Å². The van der Waals surface area contributed by atoms with Gasteiger partial charge in [-0.1, -0.05) is 13.8 Å². The Balaban J connectivity index is 2.12. The van der Waals surface area contributed by atoms with E-state index in [1.54, 1.807) is 12.3 Å². The van der Waals surface area contributed by atoms with Gasteiger partial charge in [0, 0.05) is 37.0 Å². The summed E-state index contributed by atoms with van der Waals surface area (Å²) in [5.41, 5.74) is 1.35. The van der Waals surface area contributed by atoms with Crippen LogP contribution in [0.2, 0.25) is 0 Å². The molecule has 1 aromatic carbocycles. The second kappa shape index (κ2) is 9.34. The van der Waals surface area contributed by atoms with Crippen LogP contribution in [-0.2, 0) is 20.8 Å². The molecule has 0 aliphatic heterocycles. The second-order valence-electron chi connectivity index (χ2n) is 7.37. The van der Waals surface area contributed by atoms with Crippen molar-refractivity contribution in [3.63, 3.8) is 0 Å². The van der Waals surface area contributed by atoms with Gasteiger partial charge in [0.25, 0.3) is 0 Å². The maximum absolute atomic E-state index is 13.4. The van der Waals surface area contributed by atoms with Gasteiger partial charge in [0.05, 0.1) is 5.92 Å². The molecule has 2 rings (SSSR count). The van der Waals surface area contributed by atoms with E-state index in [1.807, 2.05) is 13.8 Å². The number of fused-ring (bicyclic) bond motifs is 1. The van der Waals surface area contributed by atoms with Crippen LogP contribution in [0.15, 0.2) is 24.4 Å². The van der Waals surface area contributed by atoms with E-state index >= 15 is 0 Å². The first-order valence-electron chi connectivity index (χ1n) is 9.20. The lowest BCUT2D eigenvalue weighted by molar-refractivity contribution is -0.142. The van der Waals surface area contributed by atoms with Gasteiger partial charge < -0.3 is 20.7 Å². The summed E-state index contributed by atoms with van der Waals surface area (Å²) in [5.74, 6) is -2.69. The van der Waals surface area contributed by atoms with Crippen LogP contribution in [0, 0.1) is 17.7 Å². The van der Waals surface area contributed by atoms with Gasteiger partial charge in [0.15, 0.2) is 0 Å². The summed E-state index contributed by atoms with van der Waals surface area (Å²) in [4.78, 5) is 38.5. The minimum Gasteiger partial charge on any atom is -0.481 e. The fourth-order valence-electron chi connectivity index (χ4n) is 3.19. The van der Waals surface area contributed by atoms with Crippen LogP contribution in [0.1, 0.15) is 32.8 Å². The number of aliphatic carboxylic acids is 1. The third-order valence-corrected chi connectivity index (χ3v) is 4.48. The number of amides is 2. The monoisotopic (exact) mass is 391 g/mol. The van der Waals surface area contributed by atoms with Gasteiger partial charge in [-0.25, -0.2) is 4.39 Å². The zero-order valence-electron chi connectivity index (χ0n) is 16.2. The molecule has 7 nitrogen and oxygen atoms in total. The smallest absolute Gasteiger partial charge is 0.308 e. The van der Waals surface area contributed by atoms with Crippen LogP contribution in [0.3, 0.4) is 0 Å². The summed E-state index contributed by atoms with van der Waals surface area (Å²) in [6.45, 7) is 5.13. The number of rotatable bonds is 9. The van der Waals surface area contributed by atoms with Crippen molar-refractivity contribution in [2.45, 2.75) is 39.7 Å². The highest BCUT2D eigenvalue weighted by Crippen LogP contribution is 2.20. The van der Waals surface area contributed by atoms with Crippen molar-refractivity contribution < 1.29 is 23.9 Å². The number of benzene rings is 1. The first-order chi connectivity index (χ1) is 13.2. The molecule has 0 aliphatic rings. The number of carbonyl (C=O) groups excluding carboxylic acids is 2. The van der Waals surface area contributed by atoms with Gasteiger partial charge in [-0.05, 0) is 36.1 Å². The first kappa shape index (κ1) is 21.4. The van der Waals surface area contributed by atoms with Crippen LogP contribution in [-0.4, -0.2) is 40.5 Å². The lowest BCUT2D eigenvalue weighted by Gasteiger charge is -2.20. The number of halogens is 1. The number of H-pyrrole nitrogens is 1. The number of hydrogen-bond acceptors (Lipinski definition) is 3. The molecule has 2 amide bonds. The molecule has 8 heteroatoms. The molecule has 0 aliphatic carbocycles. The van der Waals surface area contributed by atoms with Gasteiger partial charge in [-0.15, -0.1) is 0 Å². The molecule has 28 heavy (non-hydrogen) atoms. The van der Waals surface area contributed by atoms with Crippen molar-refractivity contribution in [2.24, 2.45) is 11.8 Å². The number of nitrogens with one attached hydrogen (secondary N) is 3. The van der Waals surface area contributed by atoms with Crippen LogP contribution >= 0.6 is 0 Å². The predicted octanol–water partition coefficient (Wildman–Crippen LogP) is 2.22. The average Bonchev–Trinajstić information content (AvgIpc) is 2.98. The van der Waals surface area contributed by atoms with E-state index in [4.69, 9.17) is 0 Å². The van der Waals surface area contributed by atoms with E-state index in [1.165, 1.54) is 19.1 Å². The SMILES string of the molecule is CC(=O)NC(Cc1c[nH]c2cc(F)ccc12)C(=O)NCC(CC(C)C)C(=O)O. The Morgan fingerprint density at radius 2 is 1.96 bits per heavy atom. The van der Waals surface area contributed by atoms with Gasteiger partial charge in [-0.2, -0.15) is 0 Å². The Labute approximate surface area is 162 Å². The molecular weight excluding hydrogens is 365 g/mol. The molecule has 152 valence electrons. The van der Waals surface area contributed by atoms with Crippen molar-refractivity contribution in [1.29, 1.82) is 0 Å². The third-order valence-electron chi connectivity index (χ3n) is 4.48. The highest BCUT2D eigenvalue weighted by molar-refractivity contribution is 5.89. The maximum atomic E-state index is 13.4. The number of aromatic nitrogens is 1. The lowest BCUT2D eigenvalue weighted by Crippen LogP contribution is -2.49. The summed E-state index contributed by atoms with van der Waals surface area (Å²) < 4.78 is 13.4. The summed E-state index contributed by atoms with van der Waals surface area (Å²) in [5, 5.41) is 15.3. The highest BCUT2D eigenvalue weighted by atomic mass is 19.1. The van der Waals surface area contributed by atoms with Gasteiger partial charge in [0.1, 0.15) is 11.9 Å². The normalized spacial score (nSPS) is 13.3. The number of carboxylic acids is 1. The van der Waals surface area contributed by atoms with E-state index in [-0.39, 0.29) is 30.6 Å². The summed E-state index contributed by atoms with van der Waals surface area (Å²) >= 11 is 0. The lowest BCUT2D eigenvalue weighted by atomic mass is 9.97. The highest BCUT2D eigenvalue weighted by Gasteiger charge is 2.25. The number of aromatic amines is 1. The molecular formula is C20H26FN3O4. The standard InChI is InChI=1S/C20H26FN3O4/c1-11(2)6-14(20(27)28)10-23-19(26)18(24-12(3)25)7-13-9-22-17-8-15(21)4-5-16(13)17/h4-5,8-9,11,14,18,22H,6-7,10H2,1-3H3,(H,23,26)(H,24,25)(H,27,28). The molecule has 4 N–H and O–H groups in total. The zero-order chi connectivity index (χ0) is 20.8. The van der Waals surface area contributed by atoms with Gasteiger partial charge in [0.2, 0.25) is 11.8 Å². The molecule has 0 saturated carbocycles. The van der Waals surface area contributed by atoms with Crippen LogP contribution in [0.5, 0.6) is 0 Å². The fraction of sp³-hybridized carbons (Fsp3) is 0.450. The molecule has 2 unspecified atom stereocenters. The van der Waals surface area contributed by atoms with Crippen molar-refractivity contribution >= 4 is 28.7 Å². The van der Waals surface area contributed by atoms with E-state index in [2.05, 4.69) is 15.6 Å². The van der Waals surface area contributed by atoms with E-state index in [0.717, 1.165) is 10.9 Å². The second-order valence-corrected chi connectivity index (χ2v) is 7.37. The largest absolute Gasteiger partial charge is 0.481 e. The maximum Gasteiger partial charge on any atom is 0.308 e.